The molecular weight excluding hydrogens is 607 g/mol. The first kappa shape index (κ1) is 44.3. The molecule has 1 unspecified atom stereocenters. The van der Waals surface area contributed by atoms with Gasteiger partial charge in [0.2, 0.25) is 0 Å². The van der Waals surface area contributed by atoms with E-state index in [4.69, 9.17) is 0 Å². The van der Waals surface area contributed by atoms with Gasteiger partial charge in [-0.15, -0.1) is 0 Å². The Bertz CT molecular complexity index is 922. The van der Waals surface area contributed by atoms with Gasteiger partial charge in [0.15, 0.2) is 0 Å². The molecule has 0 amide bonds. The molecule has 6 aliphatic rings. The first-order chi connectivity index (χ1) is 23.0. The van der Waals surface area contributed by atoms with Gasteiger partial charge >= 0.3 is 0 Å². The van der Waals surface area contributed by atoms with E-state index >= 15 is 0 Å². The van der Waals surface area contributed by atoms with Crippen LogP contribution in [0.25, 0.3) is 0 Å². The van der Waals surface area contributed by atoms with Crippen LogP contribution in [0.2, 0.25) is 0 Å². The lowest BCUT2D eigenvalue weighted by Crippen LogP contribution is -2.51. The lowest BCUT2D eigenvalue weighted by atomic mass is 9.85. The summed E-state index contributed by atoms with van der Waals surface area (Å²) in [6.45, 7) is 41.0. The average molecular weight is 700 g/mol. The van der Waals surface area contributed by atoms with Crippen molar-refractivity contribution in [3.05, 3.63) is 0 Å². The van der Waals surface area contributed by atoms with E-state index in [1.807, 2.05) is 0 Å². The van der Waals surface area contributed by atoms with Crippen LogP contribution in [0.3, 0.4) is 0 Å². The average Bonchev–Trinajstić information content (AvgIpc) is 3.92. The molecule has 3 heterocycles. The quantitative estimate of drug-likeness (QED) is 0.168. The number of piperidine rings is 2. The van der Waals surface area contributed by atoms with Crippen molar-refractivity contribution in [3.63, 3.8) is 0 Å². The Kier molecular flexibility index (Phi) is 17.2. The summed E-state index contributed by atoms with van der Waals surface area (Å²) in [5.74, 6) is 8.23. The summed E-state index contributed by atoms with van der Waals surface area (Å²) in [4.78, 5) is 8.23. The van der Waals surface area contributed by atoms with Gasteiger partial charge in [-0.25, -0.2) is 0 Å². The summed E-state index contributed by atoms with van der Waals surface area (Å²) < 4.78 is 0. The molecule has 0 aromatic carbocycles. The predicted molar refractivity (Wildman–Crippen MR) is 223 cm³/mol. The zero-order valence-electron chi connectivity index (χ0n) is 35.6. The predicted octanol–water partition coefficient (Wildman–Crippen LogP) is 12.4. The minimum absolute atomic E-state index is 0. The minimum atomic E-state index is 0. The normalized spacial score (nSPS) is 26.4. The molecule has 0 radical (unpaired) electrons. The first-order valence-electron chi connectivity index (χ1n) is 22.2. The van der Waals surface area contributed by atoms with Crippen LogP contribution in [0.4, 0.5) is 0 Å². The van der Waals surface area contributed by atoms with E-state index in [-0.39, 0.29) is 7.43 Å². The maximum atomic E-state index is 2.78. The van der Waals surface area contributed by atoms with Crippen molar-refractivity contribution in [2.45, 2.75) is 174 Å². The van der Waals surface area contributed by atoms with Gasteiger partial charge in [-0.05, 0) is 173 Å². The third kappa shape index (κ3) is 14.6. The number of hydrogen-bond acceptors (Lipinski definition) is 3. The summed E-state index contributed by atoms with van der Waals surface area (Å²) >= 11 is 0. The van der Waals surface area contributed by atoms with Crippen molar-refractivity contribution < 1.29 is 0 Å². The third-order valence-corrected chi connectivity index (χ3v) is 14.1. The van der Waals surface area contributed by atoms with Gasteiger partial charge in [-0.2, -0.15) is 0 Å². The molecule has 3 aliphatic carbocycles. The van der Waals surface area contributed by atoms with Crippen molar-refractivity contribution >= 4 is 0 Å². The largest absolute Gasteiger partial charge is 0.303 e. The van der Waals surface area contributed by atoms with Crippen LogP contribution in [-0.2, 0) is 0 Å². The highest BCUT2D eigenvalue weighted by Gasteiger charge is 2.47. The lowest BCUT2D eigenvalue weighted by molar-refractivity contribution is 0.0449. The van der Waals surface area contributed by atoms with Gasteiger partial charge in [-0.1, -0.05) is 90.5 Å². The van der Waals surface area contributed by atoms with Crippen molar-refractivity contribution in [2.24, 2.45) is 69.5 Å². The zero-order valence-corrected chi connectivity index (χ0v) is 35.6. The molecule has 0 spiro atoms. The molecule has 3 saturated carbocycles. The van der Waals surface area contributed by atoms with Gasteiger partial charge in [-0.3, -0.25) is 0 Å². The molecule has 3 saturated heterocycles. The second-order valence-electron chi connectivity index (χ2n) is 21.7. The van der Waals surface area contributed by atoms with Crippen LogP contribution >= 0.6 is 0 Å². The molecule has 0 bridgehead atoms. The molecule has 6 fully saturated rings. The molecule has 0 aromatic heterocycles. The number of likely N-dealkylation sites (tertiary alicyclic amines) is 3. The minimum Gasteiger partial charge on any atom is -0.303 e. The Balaban J connectivity index is 0.000000201. The molecule has 296 valence electrons. The van der Waals surface area contributed by atoms with Crippen molar-refractivity contribution in [1.82, 2.24) is 14.7 Å². The Hall–Kier alpha value is -0.120. The first-order valence-corrected chi connectivity index (χ1v) is 22.2. The SMILES string of the molecule is C.CC(C)CC1(CN2CC(C(C)C)C2)CC1.CC(C)CC1(CN2CCC(C(C)C)CC2)CC1.CC(C)CC1(CN2CCCC(C(C)C)C2)CC1. The fraction of sp³-hybridized carbons (Fsp3) is 1.00. The van der Waals surface area contributed by atoms with E-state index in [9.17, 15) is 0 Å². The standard InChI is InChI=1S/2C16H31N.C14H27N.CH4/c1-13(2)11-16(7-8-16)12-17-9-5-15(6-10-17)14(3)4;1-13(2)10-16(7-8-16)12-17-9-5-6-15(11-17)14(3)4;1-11(2)7-14(5-6-14)10-15-8-13(9-15)12(3)4;/h2*13-15H,5-12H2,1-4H3;11-13H,5-10H2,1-4H3;1H4. The molecule has 50 heavy (non-hydrogen) atoms. The molecule has 6 rings (SSSR count). The summed E-state index contributed by atoms with van der Waals surface area (Å²) in [7, 11) is 0. The van der Waals surface area contributed by atoms with Gasteiger partial charge in [0, 0.05) is 39.3 Å². The second-order valence-corrected chi connectivity index (χ2v) is 21.7. The van der Waals surface area contributed by atoms with Crippen molar-refractivity contribution in [1.29, 1.82) is 0 Å². The van der Waals surface area contributed by atoms with Gasteiger partial charge in [0.25, 0.3) is 0 Å². The van der Waals surface area contributed by atoms with E-state index in [0.717, 1.165) is 69.5 Å². The maximum absolute atomic E-state index is 2.78. The van der Waals surface area contributed by atoms with Crippen LogP contribution in [0.1, 0.15) is 174 Å². The highest BCUT2D eigenvalue weighted by Crippen LogP contribution is 2.53. The number of rotatable bonds is 15. The molecule has 0 N–H and O–H groups in total. The number of nitrogens with zero attached hydrogens (tertiary/aromatic N) is 3. The van der Waals surface area contributed by atoms with E-state index in [1.165, 1.54) is 142 Å². The highest BCUT2D eigenvalue weighted by molar-refractivity contribution is 4.99. The Labute approximate surface area is 316 Å². The molecule has 1 atom stereocenters. The van der Waals surface area contributed by atoms with Crippen molar-refractivity contribution in [2.75, 3.05) is 58.9 Å². The Morgan fingerprint density at radius 3 is 1.14 bits per heavy atom. The van der Waals surface area contributed by atoms with Crippen LogP contribution in [0.5, 0.6) is 0 Å². The Morgan fingerprint density at radius 1 is 0.420 bits per heavy atom. The third-order valence-electron chi connectivity index (χ3n) is 14.1. The molecule has 3 nitrogen and oxygen atoms in total. The fourth-order valence-corrected chi connectivity index (χ4v) is 10.5. The Morgan fingerprint density at radius 2 is 0.780 bits per heavy atom. The lowest BCUT2D eigenvalue weighted by Gasteiger charge is -2.43. The summed E-state index contributed by atoms with van der Waals surface area (Å²) in [6, 6.07) is 0. The van der Waals surface area contributed by atoms with E-state index in [1.54, 1.807) is 0 Å². The van der Waals surface area contributed by atoms with Crippen molar-refractivity contribution in [3.8, 4) is 0 Å². The van der Waals surface area contributed by atoms with E-state index in [2.05, 4.69) is 97.8 Å². The van der Waals surface area contributed by atoms with Crippen LogP contribution in [0.15, 0.2) is 0 Å². The zero-order chi connectivity index (χ0) is 36.0. The van der Waals surface area contributed by atoms with E-state index in [0.29, 0.717) is 0 Å². The van der Waals surface area contributed by atoms with E-state index < -0.39 is 0 Å². The molecule has 3 aliphatic heterocycles. The highest BCUT2D eigenvalue weighted by atomic mass is 15.2. The van der Waals surface area contributed by atoms with Crippen LogP contribution < -0.4 is 0 Å². The van der Waals surface area contributed by atoms with Gasteiger partial charge < -0.3 is 14.7 Å². The molecular formula is C47H93N3. The van der Waals surface area contributed by atoms with Gasteiger partial charge in [0.05, 0.1) is 0 Å². The number of hydrogen-bond donors (Lipinski definition) is 0. The topological polar surface area (TPSA) is 9.72 Å². The second kappa shape index (κ2) is 19.5. The monoisotopic (exact) mass is 700 g/mol. The fourth-order valence-electron chi connectivity index (χ4n) is 10.5. The van der Waals surface area contributed by atoms with Crippen LogP contribution in [-0.4, -0.2) is 73.6 Å². The molecule has 3 heteroatoms. The molecule has 0 aromatic rings. The summed E-state index contributed by atoms with van der Waals surface area (Å²) in [5, 5.41) is 0. The van der Waals surface area contributed by atoms with Crippen LogP contribution in [0, 0.1) is 69.5 Å². The summed E-state index contributed by atoms with van der Waals surface area (Å²) in [5.41, 5.74) is 2.21. The smallest absolute Gasteiger partial charge is 0.00383 e. The van der Waals surface area contributed by atoms with Gasteiger partial charge in [0.1, 0.15) is 0 Å². The summed E-state index contributed by atoms with van der Waals surface area (Å²) in [6.07, 6.45) is 19.1. The maximum Gasteiger partial charge on any atom is 0.00383 e.